The maximum absolute atomic E-state index is 5.86. The van der Waals surface area contributed by atoms with Crippen molar-refractivity contribution >= 4 is 14.5 Å². The van der Waals surface area contributed by atoms with Gasteiger partial charge in [0.1, 0.15) is 0 Å². The van der Waals surface area contributed by atoms with Crippen molar-refractivity contribution in [1.29, 1.82) is 0 Å². The van der Waals surface area contributed by atoms with Gasteiger partial charge in [-0.25, -0.2) is 0 Å². The highest BCUT2D eigenvalue weighted by atomic mass is 28.3. The zero-order valence-corrected chi connectivity index (χ0v) is 14.3. The quantitative estimate of drug-likeness (QED) is 0.757. The molecule has 0 saturated heterocycles. The largest absolute Gasteiger partial charge is 0.424 e. The zero-order chi connectivity index (χ0) is 15.2. The third-order valence-corrected chi connectivity index (χ3v) is 5.69. The van der Waals surface area contributed by atoms with Crippen LogP contribution in [-0.4, -0.2) is 22.5 Å². The molecule has 0 atom stereocenters. The number of hydrogen-bond donors (Lipinski definition) is 0. The minimum absolute atomic E-state index is 0.688. The summed E-state index contributed by atoms with van der Waals surface area (Å²) in [6, 6.07) is 15.0. The van der Waals surface area contributed by atoms with E-state index in [9.17, 15) is 0 Å². The fraction of sp³-hybridized carbons (Fsp3) is 0.333. The van der Waals surface area contributed by atoms with E-state index < -0.39 is 9.28 Å². The molecule has 0 aliphatic rings. The molecular weight excluding hydrogens is 276 g/mol. The topological polar surface area (TPSA) is 18.5 Å². The Bertz CT molecular complexity index is 552. The monoisotopic (exact) mass is 299 g/mol. The summed E-state index contributed by atoms with van der Waals surface area (Å²) < 4.78 is 11.7. The van der Waals surface area contributed by atoms with Crippen molar-refractivity contribution in [3.05, 3.63) is 53.6 Å². The van der Waals surface area contributed by atoms with Crippen LogP contribution >= 0.6 is 0 Å². The highest BCUT2D eigenvalue weighted by Gasteiger charge is 2.23. The van der Waals surface area contributed by atoms with Crippen molar-refractivity contribution in [2.24, 2.45) is 0 Å². The molecule has 0 unspecified atom stereocenters. The maximum atomic E-state index is 5.86. The Labute approximate surface area is 129 Å². The second-order valence-electron chi connectivity index (χ2n) is 5.00. The Balaban J connectivity index is 2.41. The van der Waals surface area contributed by atoms with Crippen molar-refractivity contribution in [3.8, 4) is 11.1 Å². The summed E-state index contributed by atoms with van der Waals surface area (Å²) in [7, 11) is -1.38. The van der Waals surface area contributed by atoms with Gasteiger partial charge in [0.25, 0.3) is 0 Å². The van der Waals surface area contributed by atoms with Crippen molar-refractivity contribution in [2.45, 2.75) is 27.7 Å². The second kappa shape index (κ2) is 7.55. The molecular formula is C18H23O2Si. The summed E-state index contributed by atoms with van der Waals surface area (Å²) >= 11 is 0. The smallest absolute Gasteiger partial charge is 0.390 e. The van der Waals surface area contributed by atoms with Crippen LogP contribution in [0.1, 0.15) is 25.0 Å². The van der Waals surface area contributed by atoms with Gasteiger partial charge in [0.15, 0.2) is 0 Å². The van der Waals surface area contributed by atoms with Gasteiger partial charge in [0.2, 0.25) is 0 Å². The second-order valence-corrected chi connectivity index (χ2v) is 6.66. The number of aryl methyl sites for hydroxylation is 2. The van der Waals surface area contributed by atoms with Gasteiger partial charge >= 0.3 is 9.28 Å². The molecule has 111 valence electrons. The molecule has 0 N–H and O–H groups in total. The van der Waals surface area contributed by atoms with E-state index in [0.717, 1.165) is 0 Å². The number of rotatable bonds is 6. The van der Waals surface area contributed by atoms with Crippen LogP contribution in [0.25, 0.3) is 11.1 Å². The van der Waals surface area contributed by atoms with Gasteiger partial charge in [0.05, 0.1) is 0 Å². The molecule has 2 aromatic rings. The molecule has 0 saturated carbocycles. The van der Waals surface area contributed by atoms with Crippen LogP contribution in [0.2, 0.25) is 0 Å². The Hall–Kier alpha value is -1.42. The van der Waals surface area contributed by atoms with E-state index >= 15 is 0 Å². The van der Waals surface area contributed by atoms with E-state index in [0.29, 0.717) is 13.2 Å². The van der Waals surface area contributed by atoms with Crippen molar-refractivity contribution in [2.75, 3.05) is 13.2 Å². The predicted octanol–water partition coefficient (Wildman–Crippen LogP) is 3.74. The first-order valence-corrected chi connectivity index (χ1v) is 8.78. The highest BCUT2D eigenvalue weighted by molar-refractivity contribution is 6.62. The molecule has 0 fully saturated rings. The molecule has 2 aromatic carbocycles. The van der Waals surface area contributed by atoms with Gasteiger partial charge in [-0.15, -0.1) is 0 Å². The standard InChI is InChI=1S/C18H23O2Si/c1-5-19-21(20-6-2)18-14(3)12-17(13-15(18)4)16-10-8-7-9-11-16/h7-13H,5-6H2,1-4H3. The minimum Gasteiger partial charge on any atom is -0.390 e. The summed E-state index contributed by atoms with van der Waals surface area (Å²) in [5, 5.41) is 1.25. The van der Waals surface area contributed by atoms with Crippen LogP contribution in [0, 0.1) is 13.8 Å². The predicted molar refractivity (Wildman–Crippen MR) is 90.0 cm³/mol. The third kappa shape index (κ3) is 3.82. The third-order valence-electron chi connectivity index (χ3n) is 3.39. The Kier molecular flexibility index (Phi) is 5.73. The van der Waals surface area contributed by atoms with E-state index in [4.69, 9.17) is 8.85 Å². The zero-order valence-electron chi connectivity index (χ0n) is 13.3. The van der Waals surface area contributed by atoms with Crippen LogP contribution in [0.15, 0.2) is 42.5 Å². The van der Waals surface area contributed by atoms with Gasteiger partial charge in [-0.2, -0.15) is 0 Å². The normalized spacial score (nSPS) is 11.1. The molecule has 0 bridgehead atoms. The number of benzene rings is 2. The van der Waals surface area contributed by atoms with Gasteiger partial charge in [-0.05, 0) is 49.9 Å². The molecule has 2 rings (SSSR count). The van der Waals surface area contributed by atoms with Crippen LogP contribution in [0.4, 0.5) is 0 Å². The van der Waals surface area contributed by atoms with E-state index in [1.54, 1.807) is 0 Å². The van der Waals surface area contributed by atoms with Crippen molar-refractivity contribution in [1.82, 2.24) is 0 Å². The fourth-order valence-electron chi connectivity index (χ4n) is 2.53. The van der Waals surface area contributed by atoms with E-state index in [2.05, 4.69) is 50.2 Å². The lowest BCUT2D eigenvalue weighted by atomic mass is 10.0. The van der Waals surface area contributed by atoms with Gasteiger partial charge in [-0.3, -0.25) is 0 Å². The van der Waals surface area contributed by atoms with E-state index in [-0.39, 0.29) is 0 Å². The first-order chi connectivity index (χ1) is 10.2. The minimum atomic E-state index is -1.38. The molecule has 0 aromatic heterocycles. The lowest BCUT2D eigenvalue weighted by Crippen LogP contribution is -2.40. The Morgan fingerprint density at radius 2 is 1.33 bits per heavy atom. The maximum Gasteiger partial charge on any atom is 0.424 e. The average Bonchev–Trinajstić information content (AvgIpc) is 2.48. The van der Waals surface area contributed by atoms with E-state index in [1.165, 1.54) is 27.4 Å². The average molecular weight is 299 g/mol. The molecule has 1 radical (unpaired) electrons. The van der Waals surface area contributed by atoms with Crippen LogP contribution in [0.3, 0.4) is 0 Å². The number of hydrogen-bond acceptors (Lipinski definition) is 2. The molecule has 0 spiro atoms. The van der Waals surface area contributed by atoms with E-state index in [1.807, 2.05) is 19.9 Å². The summed E-state index contributed by atoms with van der Waals surface area (Å²) in [5.41, 5.74) is 5.01. The van der Waals surface area contributed by atoms with Gasteiger partial charge < -0.3 is 8.85 Å². The molecule has 3 heteroatoms. The summed E-state index contributed by atoms with van der Waals surface area (Å²) in [5.74, 6) is 0. The molecule has 0 amide bonds. The first kappa shape index (κ1) is 16.0. The van der Waals surface area contributed by atoms with Crippen LogP contribution < -0.4 is 5.19 Å². The van der Waals surface area contributed by atoms with Crippen LogP contribution in [-0.2, 0) is 8.85 Å². The Morgan fingerprint density at radius 3 is 1.81 bits per heavy atom. The van der Waals surface area contributed by atoms with Gasteiger partial charge in [0, 0.05) is 18.4 Å². The molecule has 0 aliphatic carbocycles. The van der Waals surface area contributed by atoms with Crippen molar-refractivity contribution < 1.29 is 8.85 Å². The first-order valence-electron chi connectivity index (χ1n) is 7.47. The lowest BCUT2D eigenvalue weighted by molar-refractivity contribution is 0.225. The molecule has 0 aliphatic heterocycles. The molecule has 21 heavy (non-hydrogen) atoms. The highest BCUT2D eigenvalue weighted by Crippen LogP contribution is 2.21. The summed E-state index contributed by atoms with van der Waals surface area (Å²) in [6.45, 7) is 9.72. The van der Waals surface area contributed by atoms with Crippen molar-refractivity contribution in [3.63, 3.8) is 0 Å². The Morgan fingerprint density at radius 1 is 0.810 bits per heavy atom. The molecule has 0 heterocycles. The van der Waals surface area contributed by atoms with Gasteiger partial charge in [-0.1, -0.05) is 42.5 Å². The molecule has 2 nitrogen and oxygen atoms in total. The van der Waals surface area contributed by atoms with Crippen LogP contribution in [0.5, 0.6) is 0 Å². The summed E-state index contributed by atoms with van der Waals surface area (Å²) in [6.07, 6.45) is 0. The fourth-order valence-corrected chi connectivity index (χ4v) is 4.22. The SMILES string of the molecule is CCO[Si](OCC)c1c(C)cc(-c2ccccc2)cc1C. The summed E-state index contributed by atoms with van der Waals surface area (Å²) in [4.78, 5) is 0. The lowest BCUT2D eigenvalue weighted by Gasteiger charge is -2.19.